The Morgan fingerprint density at radius 3 is 2.00 bits per heavy atom. The number of nitrogens with zero attached hydrogens (tertiary/aromatic N) is 1. The zero-order valence-electron chi connectivity index (χ0n) is 14.4. The maximum absolute atomic E-state index is 6.28. The molecule has 0 aliphatic heterocycles. The quantitative estimate of drug-likeness (QED) is 0.845. The highest BCUT2D eigenvalue weighted by molar-refractivity contribution is 4.99. The number of hydrogen-bond donors (Lipinski definition) is 1. The van der Waals surface area contributed by atoms with Crippen LogP contribution < -0.4 is 5.73 Å². The van der Waals surface area contributed by atoms with Crippen molar-refractivity contribution >= 4 is 0 Å². The molecule has 2 unspecified atom stereocenters. The van der Waals surface area contributed by atoms with Gasteiger partial charge in [0.1, 0.15) is 0 Å². The van der Waals surface area contributed by atoms with Crippen molar-refractivity contribution in [1.29, 1.82) is 0 Å². The van der Waals surface area contributed by atoms with Crippen LogP contribution in [0.5, 0.6) is 0 Å². The molecule has 2 aliphatic rings. The molecule has 0 radical (unpaired) electrons. The average Bonchev–Trinajstić information content (AvgIpc) is 2.36. The fourth-order valence-corrected chi connectivity index (χ4v) is 4.99. The monoisotopic (exact) mass is 280 g/mol. The molecule has 2 heteroatoms. The molecular formula is C18H36N2. The van der Waals surface area contributed by atoms with Crippen LogP contribution in [-0.4, -0.2) is 30.1 Å². The minimum Gasteiger partial charge on any atom is -0.329 e. The SMILES string of the molecule is CC1CC(C)CC(CN)(N(C)C2CCC(C)(C)CC2)C1. The first-order chi connectivity index (χ1) is 9.28. The summed E-state index contributed by atoms with van der Waals surface area (Å²) in [6.45, 7) is 10.5. The van der Waals surface area contributed by atoms with Crippen LogP contribution in [0.4, 0.5) is 0 Å². The molecule has 0 bridgehead atoms. The minimum atomic E-state index is 0.267. The number of hydrogen-bond acceptors (Lipinski definition) is 2. The Labute approximate surface area is 126 Å². The van der Waals surface area contributed by atoms with Gasteiger partial charge in [-0.15, -0.1) is 0 Å². The summed E-state index contributed by atoms with van der Waals surface area (Å²) < 4.78 is 0. The zero-order valence-corrected chi connectivity index (χ0v) is 14.4. The van der Waals surface area contributed by atoms with Gasteiger partial charge in [0, 0.05) is 18.1 Å². The second-order valence-electron chi connectivity index (χ2n) is 8.79. The smallest absolute Gasteiger partial charge is 0.0336 e. The third kappa shape index (κ3) is 3.39. The van der Waals surface area contributed by atoms with E-state index in [0.29, 0.717) is 5.41 Å². The van der Waals surface area contributed by atoms with Crippen molar-refractivity contribution in [3.8, 4) is 0 Å². The van der Waals surface area contributed by atoms with E-state index in [2.05, 4.69) is 39.6 Å². The van der Waals surface area contributed by atoms with Gasteiger partial charge in [-0.1, -0.05) is 27.7 Å². The molecular weight excluding hydrogens is 244 g/mol. The van der Waals surface area contributed by atoms with Gasteiger partial charge in [-0.25, -0.2) is 0 Å². The molecule has 2 nitrogen and oxygen atoms in total. The van der Waals surface area contributed by atoms with E-state index in [9.17, 15) is 0 Å². The van der Waals surface area contributed by atoms with Gasteiger partial charge in [0.25, 0.3) is 0 Å². The fourth-order valence-electron chi connectivity index (χ4n) is 4.99. The highest BCUT2D eigenvalue weighted by atomic mass is 15.2. The molecule has 0 aromatic carbocycles. The van der Waals surface area contributed by atoms with Crippen LogP contribution in [0.15, 0.2) is 0 Å². The molecule has 2 saturated carbocycles. The first kappa shape index (κ1) is 16.3. The lowest BCUT2D eigenvalue weighted by atomic mass is 9.69. The van der Waals surface area contributed by atoms with Gasteiger partial charge in [-0.2, -0.15) is 0 Å². The van der Waals surface area contributed by atoms with Crippen molar-refractivity contribution in [2.75, 3.05) is 13.6 Å². The molecule has 2 aliphatic carbocycles. The van der Waals surface area contributed by atoms with Gasteiger partial charge in [-0.3, -0.25) is 4.90 Å². The summed E-state index contributed by atoms with van der Waals surface area (Å²) in [5.74, 6) is 1.65. The Bertz CT molecular complexity index is 303. The predicted molar refractivity (Wildman–Crippen MR) is 87.8 cm³/mol. The van der Waals surface area contributed by atoms with E-state index in [1.54, 1.807) is 0 Å². The Morgan fingerprint density at radius 2 is 1.55 bits per heavy atom. The molecule has 0 spiro atoms. The molecule has 0 aromatic rings. The fraction of sp³-hybridized carbons (Fsp3) is 1.00. The van der Waals surface area contributed by atoms with E-state index in [4.69, 9.17) is 5.73 Å². The van der Waals surface area contributed by atoms with E-state index in [-0.39, 0.29) is 5.54 Å². The second-order valence-corrected chi connectivity index (χ2v) is 8.79. The Morgan fingerprint density at radius 1 is 1.05 bits per heavy atom. The number of rotatable bonds is 3. The first-order valence-corrected chi connectivity index (χ1v) is 8.71. The molecule has 2 N–H and O–H groups in total. The van der Waals surface area contributed by atoms with Gasteiger partial charge in [-0.05, 0) is 69.2 Å². The molecule has 0 saturated heterocycles. The summed E-state index contributed by atoms with van der Waals surface area (Å²) in [4.78, 5) is 2.70. The summed E-state index contributed by atoms with van der Waals surface area (Å²) in [5, 5.41) is 0. The third-order valence-electron chi connectivity index (χ3n) is 6.25. The predicted octanol–water partition coefficient (Wildman–Crippen LogP) is 4.04. The van der Waals surface area contributed by atoms with Crippen molar-refractivity contribution in [3.05, 3.63) is 0 Å². The van der Waals surface area contributed by atoms with Gasteiger partial charge in [0.15, 0.2) is 0 Å². The highest BCUT2D eigenvalue weighted by Gasteiger charge is 2.43. The number of nitrogens with two attached hydrogens (primary N) is 1. The molecule has 2 rings (SSSR count). The first-order valence-electron chi connectivity index (χ1n) is 8.71. The zero-order chi connectivity index (χ0) is 15.0. The molecule has 118 valence electrons. The van der Waals surface area contributed by atoms with Crippen molar-refractivity contribution in [3.63, 3.8) is 0 Å². The lowest BCUT2D eigenvalue weighted by Gasteiger charge is -2.52. The van der Waals surface area contributed by atoms with Gasteiger partial charge >= 0.3 is 0 Å². The summed E-state index contributed by atoms with van der Waals surface area (Å²) in [6.07, 6.45) is 9.42. The minimum absolute atomic E-state index is 0.267. The normalized spacial score (nSPS) is 39.1. The maximum Gasteiger partial charge on any atom is 0.0336 e. The maximum atomic E-state index is 6.28. The molecule has 0 heterocycles. The van der Waals surface area contributed by atoms with Gasteiger partial charge < -0.3 is 5.73 Å². The number of likely N-dealkylation sites (N-methyl/N-ethyl adjacent to an activating group) is 1. The van der Waals surface area contributed by atoms with Crippen molar-refractivity contribution in [2.24, 2.45) is 23.0 Å². The summed E-state index contributed by atoms with van der Waals surface area (Å²) >= 11 is 0. The largest absolute Gasteiger partial charge is 0.329 e. The van der Waals surface area contributed by atoms with Crippen LogP contribution in [0.25, 0.3) is 0 Å². The van der Waals surface area contributed by atoms with E-state index < -0.39 is 0 Å². The topological polar surface area (TPSA) is 29.3 Å². The molecule has 20 heavy (non-hydrogen) atoms. The standard InChI is InChI=1S/C18H36N2/c1-14-10-15(2)12-18(11-14,13-19)20(5)16-6-8-17(3,4)9-7-16/h14-16H,6-13,19H2,1-5H3. The Kier molecular flexibility index (Phi) is 4.86. The van der Waals surface area contributed by atoms with Crippen LogP contribution in [0.3, 0.4) is 0 Å². The molecule has 2 fully saturated rings. The Hall–Kier alpha value is -0.0800. The molecule has 0 aromatic heterocycles. The van der Waals surface area contributed by atoms with Crippen molar-refractivity contribution in [2.45, 2.75) is 84.2 Å². The molecule has 2 atom stereocenters. The van der Waals surface area contributed by atoms with Crippen LogP contribution in [0, 0.1) is 17.3 Å². The van der Waals surface area contributed by atoms with E-state index in [1.165, 1.54) is 44.9 Å². The summed E-state index contributed by atoms with van der Waals surface area (Å²) in [6, 6.07) is 0.754. The van der Waals surface area contributed by atoms with Crippen LogP contribution in [0.1, 0.15) is 72.6 Å². The van der Waals surface area contributed by atoms with Crippen molar-refractivity contribution < 1.29 is 0 Å². The van der Waals surface area contributed by atoms with E-state index in [1.807, 2.05) is 0 Å². The van der Waals surface area contributed by atoms with Gasteiger partial charge in [0.2, 0.25) is 0 Å². The molecule has 0 amide bonds. The van der Waals surface area contributed by atoms with Gasteiger partial charge in [0.05, 0.1) is 0 Å². The van der Waals surface area contributed by atoms with Crippen LogP contribution in [-0.2, 0) is 0 Å². The van der Waals surface area contributed by atoms with E-state index >= 15 is 0 Å². The average molecular weight is 281 g/mol. The lowest BCUT2D eigenvalue weighted by molar-refractivity contribution is -0.0124. The van der Waals surface area contributed by atoms with Crippen molar-refractivity contribution in [1.82, 2.24) is 4.90 Å². The second kappa shape index (κ2) is 5.96. The van der Waals surface area contributed by atoms with Crippen LogP contribution in [0.2, 0.25) is 0 Å². The van der Waals surface area contributed by atoms with Crippen LogP contribution >= 0.6 is 0 Å². The highest BCUT2D eigenvalue weighted by Crippen LogP contribution is 2.43. The summed E-state index contributed by atoms with van der Waals surface area (Å²) in [7, 11) is 2.36. The lowest BCUT2D eigenvalue weighted by Crippen LogP contribution is -2.59. The van der Waals surface area contributed by atoms with E-state index in [0.717, 1.165) is 24.4 Å². The summed E-state index contributed by atoms with van der Waals surface area (Å²) in [5.41, 5.74) is 7.10. The third-order valence-corrected chi connectivity index (χ3v) is 6.25. The Balaban J connectivity index is 2.07.